The zero-order valence-electron chi connectivity index (χ0n) is 15.4. The second-order valence-electron chi connectivity index (χ2n) is 8.73. The van der Waals surface area contributed by atoms with E-state index in [1.165, 1.54) is 25.5 Å². The molecule has 4 aliphatic carbocycles. The van der Waals surface area contributed by atoms with E-state index in [1.807, 2.05) is 10.8 Å². The third-order valence-corrected chi connectivity index (χ3v) is 6.80. The van der Waals surface area contributed by atoms with E-state index in [4.69, 9.17) is 0 Å². The van der Waals surface area contributed by atoms with Gasteiger partial charge in [0.15, 0.2) is 0 Å². The molecule has 7 heteroatoms. The number of H-pyrrole nitrogens is 1. The molecule has 142 valence electrons. The number of nitrogens with one attached hydrogen (secondary N) is 2. The van der Waals surface area contributed by atoms with Crippen molar-refractivity contribution >= 4 is 5.91 Å². The van der Waals surface area contributed by atoms with Crippen LogP contribution in [0.25, 0.3) is 0 Å². The highest BCUT2D eigenvalue weighted by molar-refractivity contribution is 5.93. The topological polar surface area (TPSA) is 92.7 Å². The highest BCUT2D eigenvalue weighted by atomic mass is 16.2. The van der Waals surface area contributed by atoms with Gasteiger partial charge in [-0.2, -0.15) is 0 Å². The van der Waals surface area contributed by atoms with Crippen LogP contribution in [0, 0.1) is 17.8 Å². The first kappa shape index (κ1) is 16.7. The van der Waals surface area contributed by atoms with Gasteiger partial charge in [-0.05, 0) is 56.3 Å². The Hall–Kier alpha value is -2.44. The van der Waals surface area contributed by atoms with Gasteiger partial charge in [-0.1, -0.05) is 0 Å². The minimum absolute atomic E-state index is 0.0321. The fraction of sp³-hybridized carbons (Fsp3) is 0.600. The van der Waals surface area contributed by atoms with E-state index in [-0.39, 0.29) is 22.4 Å². The molecule has 4 fully saturated rings. The molecule has 0 unspecified atom stereocenters. The Bertz CT molecular complexity index is 866. The predicted octanol–water partition coefficient (Wildman–Crippen LogP) is 1.86. The number of aromatic amines is 1. The van der Waals surface area contributed by atoms with Gasteiger partial charge in [0.05, 0.1) is 6.33 Å². The van der Waals surface area contributed by atoms with Gasteiger partial charge in [0, 0.05) is 37.1 Å². The summed E-state index contributed by atoms with van der Waals surface area (Å²) in [4.78, 5) is 36.5. The van der Waals surface area contributed by atoms with E-state index < -0.39 is 0 Å². The molecule has 1 amide bonds. The number of carbonyl (C=O) groups is 1. The molecule has 4 saturated carbocycles. The van der Waals surface area contributed by atoms with E-state index in [0.29, 0.717) is 13.1 Å². The van der Waals surface area contributed by atoms with Crippen molar-refractivity contribution in [3.63, 3.8) is 0 Å². The van der Waals surface area contributed by atoms with Crippen LogP contribution in [0.1, 0.15) is 54.7 Å². The molecule has 2 heterocycles. The minimum atomic E-state index is -0.374. The van der Waals surface area contributed by atoms with E-state index in [2.05, 4.69) is 20.3 Å². The van der Waals surface area contributed by atoms with Crippen molar-refractivity contribution in [1.29, 1.82) is 0 Å². The van der Waals surface area contributed by atoms with Gasteiger partial charge < -0.3 is 14.9 Å². The van der Waals surface area contributed by atoms with Gasteiger partial charge >= 0.3 is 0 Å². The molecule has 2 aromatic heterocycles. The average molecular weight is 367 g/mol. The Kier molecular flexibility index (Phi) is 3.91. The lowest BCUT2D eigenvalue weighted by Crippen LogP contribution is -2.50. The molecular formula is C20H25N5O2. The highest BCUT2D eigenvalue weighted by Gasteiger charge is 2.52. The Balaban J connectivity index is 1.31. The fourth-order valence-electron chi connectivity index (χ4n) is 6.04. The quantitative estimate of drug-likeness (QED) is 0.844. The van der Waals surface area contributed by atoms with Gasteiger partial charge in [0.1, 0.15) is 11.4 Å². The molecule has 4 aliphatic rings. The van der Waals surface area contributed by atoms with Crippen molar-refractivity contribution in [2.24, 2.45) is 17.8 Å². The van der Waals surface area contributed by atoms with Crippen LogP contribution in [0.15, 0.2) is 29.7 Å². The maximum absolute atomic E-state index is 12.6. The Morgan fingerprint density at radius 2 is 1.93 bits per heavy atom. The van der Waals surface area contributed by atoms with Crippen molar-refractivity contribution in [2.75, 3.05) is 6.54 Å². The standard InChI is InChI=1S/C20H25N5O2/c26-17(22-2-4-25-3-1-21-12-25)16-11-23-19(24-18(16)27)20-8-13-5-14(9-20)7-15(6-13)10-20/h1,3,11-15H,2,4-10H2,(H,22,26)(H,23,24,27). The normalized spacial score (nSPS) is 31.2. The lowest BCUT2D eigenvalue weighted by molar-refractivity contribution is -0.00953. The molecule has 0 atom stereocenters. The van der Waals surface area contributed by atoms with Crippen molar-refractivity contribution in [1.82, 2.24) is 24.8 Å². The first-order valence-corrected chi connectivity index (χ1v) is 9.95. The average Bonchev–Trinajstić information content (AvgIpc) is 3.14. The van der Waals surface area contributed by atoms with Crippen LogP contribution in [0.4, 0.5) is 0 Å². The summed E-state index contributed by atoms with van der Waals surface area (Å²) in [7, 11) is 0. The summed E-state index contributed by atoms with van der Waals surface area (Å²) in [6, 6.07) is 0. The van der Waals surface area contributed by atoms with E-state index in [9.17, 15) is 9.59 Å². The molecule has 0 aliphatic heterocycles. The van der Waals surface area contributed by atoms with Crippen molar-refractivity contribution in [3.05, 3.63) is 46.7 Å². The van der Waals surface area contributed by atoms with Crippen LogP contribution in [0.3, 0.4) is 0 Å². The number of rotatable bonds is 5. The van der Waals surface area contributed by atoms with Crippen LogP contribution in [-0.2, 0) is 12.0 Å². The van der Waals surface area contributed by atoms with E-state index >= 15 is 0 Å². The van der Waals surface area contributed by atoms with Crippen LogP contribution in [0.2, 0.25) is 0 Å². The van der Waals surface area contributed by atoms with Gasteiger partial charge in [-0.25, -0.2) is 9.97 Å². The summed E-state index contributed by atoms with van der Waals surface area (Å²) in [5, 5.41) is 2.79. The number of carbonyl (C=O) groups excluding carboxylic acids is 1. The van der Waals surface area contributed by atoms with Crippen LogP contribution in [-0.4, -0.2) is 32.0 Å². The summed E-state index contributed by atoms with van der Waals surface area (Å²) >= 11 is 0. The van der Waals surface area contributed by atoms with Gasteiger partial charge in [0.2, 0.25) is 0 Å². The van der Waals surface area contributed by atoms with Gasteiger partial charge in [-0.3, -0.25) is 9.59 Å². The second-order valence-corrected chi connectivity index (χ2v) is 8.73. The number of nitrogens with zero attached hydrogens (tertiary/aromatic N) is 3. The molecule has 0 aromatic carbocycles. The second kappa shape index (κ2) is 6.32. The number of imidazole rings is 1. The third-order valence-electron chi connectivity index (χ3n) is 6.80. The lowest BCUT2D eigenvalue weighted by Gasteiger charge is -2.56. The molecule has 0 spiro atoms. The third kappa shape index (κ3) is 2.99. The molecule has 4 bridgehead atoms. The van der Waals surface area contributed by atoms with Crippen molar-refractivity contribution < 1.29 is 4.79 Å². The monoisotopic (exact) mass is 367 g/mol. The van der Waals surface area contributed by atoms with Crippen LogP contribution >= 0.6 is 0 Å². The maximum atomic E-state index is 12.6. The molecule has 0 radical (unpaired) electrons. The number of amides is 1. The Morgan fingerprint density at radius 3 is 2.52 bits per heavy atom. The highest BCUT2D eigenvalue weighted by Crippen LogP contribution is 2.59. The Labute approximate surface area is 157 Å². The molecule has 2 aromatic rings. The van der Waals surface area contributed by atoms with Crippen LogP contribution in [0.5, 0.6) is 0 Å². The minimum Gasteiger partial charge on any atom is -0.350 e. The molecule has 7 nitrogen and oxygen atoms in total. The van der Waals surface area contributed by atoms with Crippen LogP contribution < -0.4 is 10.9 Å². The number of hydrogen-bond donors (Lipinski definition) is 2. The first-order valence-electron chi connectivity index (χ1n) is 9.95. The predicted molar refractivity (Wildman–Crippen MR) is 99.3 cm³/mol. The van der Waals surface area contributed by atoms with Gasteiger partial charge in [0.25, 0.3) is 11.5 Å². The smallest absolute Gasteiger partial charge is 0.263 e. The zero-order valence-corrected chi connectivity index (χ0v) is 15.4. The maximum Gasteiger partial charge on any atom is 0.263 e. The lowest BCUT2D eigenvalue weighted by atomic mass is 9.49. The fourth-order valence-corrected chi connectivity index (χ4v) is 6.04. The molecule has 0 saturated heterocycles. The summed E-state index contributed by atoms with van der Waals surface area (Å²) in [6.45, 7) is 1.05. The summed E-state index contributed by atoms with van der Waals surface area (Å²) in [5.41, 5.74) is -0.199. The largest absolute Gasteiger partial charge is 0.350 e. The number of hydrogen-bond acceptors (Lipinski definition) is 4. The molecular weight excluding hydrogens is 342 g/mol. The summed E-state index contributed by atoms with van der Waals surface area (Å²) < 4.78 is 1.87. The molecule has 27 heavy (non-hydrogen) atoms. The number of aromatic nitrogens is 4. The van der Waals surface area contributed by atoms with Crippen molar-refractivity contribution in [2.45, 2.75) is 50.5 Å². The zero-order chi connectivity index (χ0) is 18.4. The Morgan fingerprint density at radius 1 is 1.22 bits per heavy atom. The SMILES string of the molecule is O=C(NCCn1ccnc1)c1cnc(C23CC4CC(CC(C4)C2)C3)[nH]c1=O. The van der Waals surface area contributed by atoms with E-state index in [0.717, 1.165) is 42.8 Å². The van der Waals surface area contributed by atoms with Crippen molar-refractivity contribution in [3.8, 4) is 0 Å². The van der Waals surface area contributed by atoms with Gasteiger partial charge in [-0.15, -0.1) is 0 Å². The molecule has 2 N–H and O–H groups in total. The summed E-state index contributed by atoms with van der Waals surface area (Å²) in [5.74, 6) is 2.79. The molecule has 6 rings (SSSR count). The first-order chi connectivity index (χ1) is 13.1. The van der Waals surface area contributed by atoms with E-state index in [1.54, 1.807) is 12.5 Å². The summed E-state index contributed by atoms with van der Waals surface area (Å²) in [6.07, 6.45) is 14.2.